The Morgan fingerprint density at radius 2 is 2.27 bits per heavy atom. The number of ether oxygens (including phenoxy) is 1. The Hall–Kier alpha value is -3.35. The maximum atomic E-state index is 12.0. The zero-order chi connectivity index (χ0) is 14.9. The van der Waals surface area contributed by atoms with E-state index in [0.717, 1.165) is 16.6 Å². The van der Waals surface area contributed by atoms with E-state index in [-0.39, 0.29) is 11.5 Å². The topological polar surface area (TPSA) is 95.7 Å². The number of nitrogens with one attached hydrogen (secondary N) is 3. The molecule has 4 rings (SSSR count). The van der Waals surface area contributed by atoms with Gasteiger partial charge in [0.05, 0.1) is 6.08 Å². The van der Waals surface area contributed by atoms with Crippen LogP contribution in [0.25, 0.3) is 17.1 Å². The molecule has 22 heavy (non-hydrogen) atoms. The van der Waals surface area contributed by atoms with Gasteiger partial charge in [0.15, 0.2) is 11.6 Å². The lowest BCUT2D eigenvalue weighted by atomic mass is 10.2. The largest absolute Gasteiger partial charge is 0.437 e. The third-order valence-corrected chi connectivity index (χ3v) is 3.25. The van der Waals surface area contributed by atoms with Crippen molar-refractivity contribution in [2.45, 2.75) is 0 Å². The van der Waals surface area contributed by atoms with E-state index >= 15 is 0 Å². The Bertz CT molecular complexity index is 905. The van der Waals surface area contributed by atoms with Crippen molar-refractivity contribution in [3.8, 4) is 0 Å². The highest BCUT2D eigenvalue weighted by Gasteiger charge is 2.21. The van der Waals surface area contributed by atoms with Gasteiger partial charge in [-0.25, -0.2) is 4.98 Å². The predicted molar refractivity (Wildman–Crippen MR) is 80.5 cm³/mol. The molecule has 0 bridgehead atoms. The molecule has 3 N–H and O–H groups in total. The molecule has 0 unspecified atom stereocenters. The number of pyridine rings is 1. The van der Waals surface area contributed by atoms with Crippen molar-refractivity contribution in [3.05, 3.63) is 60.1 Å². The minimum Gasteiger partial charge on any atom is -0.437 e. The van der Waals surface area contributed by atoms with Gasteiger partial charge >= 0.3 is 0 Å². The van der Waals surface area contributed by atoms with Gasteiger partial charge in [0.1, 0.15) is 5.65 Å². The first kappa shape index (κ1) is 12.4. The van der Waals surface area contributed by atoms with Crippen LogP contribution in [-0.2, 0) is 9.53 Å². The van der Waals surface area contributed by atoms with Crippen molar-refractivity contribution < 1.29 is 9.53 Å². The predicted octanol–water partition coefficient (Wildman–Crippen LogP) is 2.18. The van der Waals surface area contributed by atoms with Crippen LogP contribution in [0.5, 0.6) is 0 Å². The molecule has 7 heteroatoms. The molecule has 0 amide bonds. The second-order valence-corrected chi connectivity index (χ2v) is 4.71. The minimum atomic E-state index is -0.198. The fourth-order valence-electron chi connectivity index (χ4n) is 2.24. The Balaban J connectivity index is 1.60. The molecule has 0 atom stereocenters. The summed E-state index contributed by atoms with van der Waals surface area (Å²) in [6, 6.07) is 5.51. The van der Waals surface area contributed by atoms with Crippen molar-refractivity contribution in [1.29, 1.82) is 0 Å². The van der Waals surface area contributed by atoms with Gasteiger partial charge in [-0.3, -0.25) is 9.89 Å². The first-order chi connectivity index (χ1) is 10.8. The lowest BCUT2D eigenvalue weighted by Crippen LogP contribution is -1.99. The molecule has 3 aromatic heterocycles. The molecule has 4 heterocycles. The second-order valence-electron chi connectivity index (χ2n) is 4.71. The minimum absolute atomic E-state index is 0.198. The summed E-state index contributed by atoms with van der Waals surface area (Å²) in [5, 5.41) is 10.5. The zero-order valence-electron chi connectivity index (χ0n) is 11.3. The van der Waals surface area contributed by atoms with Crippen LogP contribution in [0.1, 0.15) is 5.56 Å². The van der Waals surface area contributed by atoms with Gasteiger partial charge in [0.2, 0.25) is 11.7 Å². The van der Waals surface area contributed by atoms with Crippen LogP contribution in [0.15, 0.2) is 54.5 Å². The van der Waals surface area contributed by atoms with E-state index in [1.807, 2.05) is 12.1 Å². The number of H-pyrrole nitrogens is 2. The normalized spacial score (nSPS) is 16.1. The Kier molecular flexibility index (Phi) is 2.75. The first-order valence-electron chi connectivity index (χ1n) is 6.64. The molecule has 1 aliphatic heterocycles. The maximum Gasteiger partial charge on any atom is 0.226 e. The van der Waals surface area contributed by atoms with Crippen molar-refractivity contribution in [2.24, 2.45) is 0 Å². The summed E-state index contributed by atoms with van der Waals surface area (Å²) in [6.07, 6.45) is 8.27. The van der Waals surface area contributed by atoms with E-state index in [1.165, 1.54) is 6.08 Å². The number of carbonyl (C=O) groups excluding carboxylic acids is 1. The zero-order valence-corrected chi connectivity index (χ0v) is 11.3. The molecule has 1 aliphatic rings. The number of hydrogen-bond acceptors (Lipinski definition) is 5. The molecular formula is C15H11N5O2. The van der Waals surface area contributed by atoms with E-state index in [1.54, 1.807) is 30.7 Å². The number of nitrogens with zero attached hydrogens (tertiary/aromatic N) is 2. The van der Waals surface area contributed by atoms with Gasteiger partial charge in [-0.05, 0) is 18.2 Å². The van der Waals surface area contributed by atoms with Gasteiger partial charge in [0, 0.05) is 35.6 Å². The highest BCUT2D eigenvalue weighted by Crippen LogP contribution is 2.24. The molecule has 0 fully saturated rings. The fraction of sp³-hybridized carbons (Fsp3) is 0. The Morgan fingerprint density at radius 3 is 3.14 bits per heavy atom. The molecule has 108 valence electrons. The average molecular weight is 293 g/mol. The van der Waals surface area contributed by atoms with Gasteiger partial charge in [-0.1, -0.05) is 0 Å². The summed E-state index contributed by atoms with van der Waals surface area (Å²) in [5.74, 6) is 0.983. The number of aromatic nitrogens is 4. The van der Waals surface area contributed by atoms with E-state index in [0.29, 0.717) is 11.7 Å². The standard InChI is InChI=1S/C15H11N5O2/c21-11-7-14(19-13-3-5-18-20-13)22-12(11)6-9-8-17-15-10(9)2-1-4-16-15/h1-8H,(H,16,17)(H2,18,19,20)/b12-6+. The number of hydrogen-bond donors (Lipinski definition) is 3. The molecule has 7 nitrogen and oxygen atoms in total. The average Bonchev–Trinajstić information content (AvgIpc) is 3.23. The van der Waals surface area contributed by atoms with Gasteiger partial charge in [-0.15, -0.1) is 0 Å². The van der Waals surface area contributed by atoms with Gasteiger partial charge in [-0.2, -0.15) is 5.10 Å². The van der Waals surface area contributed by atoms with Crippen LogP contribution in [0.2, 0.25) is 0 Å². The fourth-order valence-corrected chi connectivity index (χ4v) is 2.24. The van der Waals surface area contributed by atoms with Crippen LogP contribution in [0, 0.1) is 0 Å². The van der Waals surface area contributed by atoms with Crippen molar-refractivity contribution in [3.63, 3.8) is 0 Å². The molecule has 0 saturated carbocycles. The van der Waals surface area contributed by atoms with Crippen molar-refractivity contribution >= 4 is 28.7 Å². The van der Waals surface area contributed by atoms with E-state index in [2.05, 4.69) is 25.5 Å². The van der Waals surface area contributed by atoms with Crippen LogP contribution in [0.4, 0.5) is 5.82 Å². The molecule has 0 aromatic carbocycles. The van der Waals surface area contributed by atoms with E-state index < -0.39 is 0 Å². The van der Waals surface area contributed by atoms with Crippen LogP contribution < -0.4 is 5.32 Å². The second kappa shape index (κ2) is 4.88. The van der Waals surface area contributed by atoms with Gasteiger partial charge < -0.3 is 15.0 Å². The molecular weight excluding hydrogens is 282 g/mol. The number of anilines is 1. The highest BCUT2D eigenvalue weighted by atomic mass is 16.5. The van der Waals surface area contributed by atoms with Crippen LogP contribution in [0.3, 0.4) is 0 Å². The SMILES string of the molecule is O=C1C=C(Nc2cc[nH]n2)O/C1=C/c1c[nH]c2ncccc12. The summed E-state index contributed by atoms with van der Waals surface area (Å²) >= 11 is 0. The van der Waals surface area contributed by atoms with E-state index in [9.17, 15) is 4.79 Å². The van der Waals surface area contributed by atoms with Gasteiger partial charge in [0.25, 0.3) is 0 Å². The first-order valence-corrected chi connectivity index (χ1v) is 6.64. The van der Waals surface area contributed by atoms with Crippen molar-refractivity contribution in [1.82, 2.24) is 20.2 Å². The lowest BCUT2D eigenvalue weighted by Gasteiger charge is -2.04. The number of fused-ring (bicyclic) bond motifs is 1. The monoisotopic (exact) mass is 293 g/mol. The summed E-state index contributed by atoms with van der Waals surface area (Å²) in [6.45, 7) is 0. The van der Waals surface area contributed by atoms with Crippen molar-refractivity contribution in [2.75, 3.05) is 5.32 Å². The third-order valence-electron chi connectivity index (χ3n) is 3.25. The summed E-state index contributed by atoms with van der Waals surface area (Å²) in [7, 11) is 0. The number of ketones is 1. The number of rotatable bonds is 3. The summed E-state index contributed by atoms with van der Waals surface area (Å²) in [4.78, 5) is 19.3. The van der Waals surface area contributed by atoms with Crippen LogP contribution >= 0.6 is 0 Å². The quantitative estimate of drug-likeness (QED) is 0.643. The van der Waals surface area contributed by atoms with E-state index in [4.69, 9.17) is 4.74 Å². The summed E-state index contributed by atoms with van der Waals surface area (Å²) in [5.41, 5.74) is 1.61. The molecule has 0 radical (unpaired) electrons. The molecule has 0 spiro atoms. The summed E-state index contributed by atoms with van der Waals surface area (Å²) < 4.78 is 5.54. The smallest absolute Gasteiger partial charge is 0.226 e. The maximum absolute atomic E-state index is 12.0. The number of carbonyl (C=O) groups is 1. The van der Waals surface area contributed by atoms with Crippen LogP contribution in [-0.4, -0.2) is 25.9 Å². The number of allylic oxidation sites excluding steroid dienone is 1. The molecule has 0 saturated heterocycles. The Labute approximate surface area is 124 Å². The lowest BCUT2D eigenvalue weighted by molar-refractivity contribution is -0.112. The molecule has 0 aliphatic carbocycles. The highest BCUT2D eigenvalue weighted by molar-refractivity contribution is 6.09. The number of aromatic amines is 2. The molecule has 3 aromatic rings. The third kappa shape index (κ3) is 2.14. The Morgan fingerprint density at radius 1 is 1.32 bits per heavy atom.